The second kappa shape index (κ2) is 5.31. The Hall–Kier alpha value is -1.18. The van der Waals surface area contributed by atoms with Crippen LogP contribution < -0.4 is 5.32 Å². The summed E-state index contributed by atoms with van der Waals surface area (Å²) in [6.07, 6.45) is 2.52. The first-order valence-electron chi connectivity index (χ1n) is 6.51. The highest BCUT2D eigenvalue weighted by molar-refractivity contribution is 7.94. The highest BCUT2D eigenvalue weighted by Crippen LogP contribution is 2.23. The molecule has 1 aromatic rings. The first-order valence-corrected chi connectivity index (χ1v) is 9.10. The van der Waals surface area contributed by atoms with Crippen molar-refractivity contribution in [1.82, 2.24) is 10.2 Å². The molecule has 0 fully saturated rings. The van der Waals surface area contributed by atoms with E-state index in [9.17, 15) is 13.2 Å². The Bertz CT molecular complexity index is 648. The maximum atomic E-state index is 12.1. The number of carbonyl (C=O) groups is 1. The standard InChI is InChI=1S/C13H16N2O3S2/c16-13(7-14-11-3-6-20(17,18)9-11)15-4-1-12-10(8-15)2-5-19-12/h2-3,5-6,11,14H,1,4,7-9H2. The molecular weight excluding hydrogens is 296 g/mol. The van der Waals surface area contributed by atoms with Crippen LogP contribution >= 0.6 is 11.3 Å². The highest BCUT2D eigenvalue weighted by Gasteiger charge is 2.24. The lowest BCUT2D eigenvalue weighted by Gasteiger charge is -2.27. The Morgan fingerprint density at radius 3 is 3.10 bits per heavy atom. The number of rotatable bonds is 3. The zero-order valence-corrected chi connectivity index (χ0v) is 12.5. The molecule has 2 aliphatic rings. The molecule has 5 nitrogen and oxygen atoms in total. The van der Waals surface area contributed by atoms with Crippen LogP contribution in [-0.4, -0.2) is 44.1 Å². The average Bonchev–Trinajstić information content (AvgIpc) is 3.01. The van der Waals surface area contributed by atoms with Crippen LogP contribution in [0.3, 0.4) is 0 Å². The summed E-state index contributed by atoms with van der Waals surface area (Å²) in [5.74, 6) is 0.0779. The topological polar surface area (TPSA) is 66.5 Å². The summed E-state index contributed by atoms with van der Waals surface area (Å²) in [4.78, 5) is 15.3. The fourth-order valence-corrected chi connectivity index (χ4v) is 4.65. The maximum Gasteiger partial charge on any atom is 0.236 e. The van der Waals surface area contributed by atoms with Crippen molar-refractivity contribution in [2.24, 2.45) is 0 Å². The number of hydrogen-bond acceptors (Lipinski definition) is 5. The van der Waals surface area contributed by atoms with E-state index < -0.39 is 9.84 Å². The van der Waals surface area contributed by atoms with E-state index in [4.69, 9.17) is 0 Å². The third-order valence-electron chi connectivity index (χ3n) is 3.61. The third-order valence-corrected chi connectivity index (χ3v) is 6.02. The second-order valence-electron chi connectivity index (χ2n) is 5.08. The predicted octanol–water partition coefficient (Wildman–Crippen LogP) is 0.533. The second-order valence-corrected chi connectivity index (χ2v) is 8.01. The van der Waals surface area contributed by atoms with Gasteiger partial charge in [0.2, 0.25) is 5.91 Å². The third kappa shape index (κ3) is 2.94. The number of hydrogen-bond donors (Lipinski definition) is 1. The maximum absolute atomic E-state index is 12.1. The van der Waals surface area contributed by atoms with E-state index in [1.165, 1.54) is 15.8 Å². The summed E-state index contributed by atoms with van der Waals surface area (Å²) in [5, 5.41) is 6.27. The van der Waals surface area contributed by atoms with Gasteiger partial charge in [0.1, 0.15) is 0 Å². The number of sulfone groups is 1. The van der Waals surface area contributed by atoms with E-state index in [1.807, 2.05) is 4.90 Å². The van der Waals surface area contributed by atoms with Crippen LogP contribution in [0.25, 0.3) is 0 Å². The first-order chi connectivity index (χ1) is 9.53. The monoisotopic (exact) mass is 312 g/mol. The molecule has 1 unspecified atom stereocenters. The molecule has 0 radical (unpaired) electrons. The summed E-state index contributed by atoms with van der Waals surface area (Å²) in [6, 6.07) is 1.82. The average molecular weight is 312 g/mol. The Balaban J connectivity index is 1.52. The minimum absolute atomic E-state index is 0.0274. The molecule has 2 aliphatic heterocycles. The highest BCUT2D eigenvalue weighted by atomic mass is 32.2. The van der Waals surface area contributed by atoms with E-state index >= 15 is 0 Å². The predicted molar refractivity (Wildman–Crippen MR) is 78.2 cm³/mol. The Morgan fingerprint density at radius 1 is 1.50 bits per heavy atom. The van der Waals surface area contributed by atoms with Crippen molar-refractivity contribution in [3.8, 4) is 0 Å². The number of amides is 1. The molecule has 0 aliphatic carbocycles. The van der Waals surface area contributed by atoms with Gasteiger partial charge in [-0.2, -0.15) is 0 Å². The fraction of sp³-hybridized carbons (Fsp3) is 0.462. The van der Waals surface area contributed by atoms with Crippen LogP contribution in [-0.2, 0) is 27.6 Å². The zero-order chi connectivity index (χ0) is 14.2. The smallest absolute Gasteiger partial charge is 0.236 e. The van der Waals surface area contributed by atoms with Crippen LogP contribution in [0.5, 0.6) is 0 Å². The van der Waals surface area contributed by atoms with E-state index in [0.717, 1.165) is 13.0 Å². The molecule has 0 saturated heterocycles. The van der Waals surface area contributed by atoms with Crippen molar-refractivity contribution in [2.45, 2.75) is 19.0 Å². The van der Waals surface area contributed by atoms with Gasteiger partial charge in [-0.1, -0.05) is 6.08 Å². The summed E-state index contributed by atoms with van der Waals surface area (Å²) in [7, 11) is -3.07. The van der Waals surface area contributed by atoms with E-state index in [2.05, 4.69) is 16.8 Å². The van der Waals surface area contributed by atoms with Crippen LogP contribution in [0.1, 0.15) is 10.4 Å². The number of fused-ring (bicyclic) bond motifs is 1. The van der Waals surface area contributed by atoms with Gasteiger partial charge in [0, 0.05) is 29.4 Å². The summed E-state index contributed by atoms with van der Waals surface area (Å²) in [5.41, 5.74) is 1.23. The van der Waals surface area contributed by atoms with Gasteiger partial charge in [-0.05, 0) is 23.4 Å². The summed E-state index contributed by atoms with van der Waals surface area (Å²) >= 11 is 1.74. The SMILES string of the molecule is O=C(CNC1C=CS(=O)(=O)C1)N1CCc2sccc2C1. The number of nitrogens with zero attached hydrogens (tertiary/aromatic N) is 1. The molecule has 0 spiro atoms. The Labute approximate surface area is 122 Å². The molecule has 3 heterocycles. The molecular formula is C13H16N2O3S2. The lowest BCUT2D eigenvalue weighted by Crippen LogP contribution is -2.43. The quantitative estimate of drug-likeness (QED) is 0.884. The van der Waals surface area contributed by atoms with Crippen LogP contribution in [0.2, 0.25) is 0 Å². The normalized spacial score (nSPS) is 23.8. The minimum Gasteiger partial charge on any atom is -0.337 e. The van der Waals surface area contributed by atoms with Crippen molar-refractivity contribution >= 4 is 27.1 Å². The van der Waals surface area contributed by atoms with Crippen molar-refractivity contribution in [1.29, 1.82) is 0 Å². The molecule has 0 aromatic carbocycles. The fourth-order valence-electron chi connectivity index (χ4n) is 2.49. The summed E-state index contributed by atoms with van der Waals surface area (Å²) < 4.78 is 22.5. The van der Waals surface area contributed by atoms with Gasteiger partial charge in [0.25, 0.3) is 0 Å². The molecule has 1 N–H and O–H groups in total. The van der Waals surface area contributed by atoms with Crippen LogP contribution in [0, 0.1) is 0 Å². The van der Waals surface area contributed by atoms with Gasteiger partial charge in [0.15, 0.2) is 9.84 Å². The van der Waals surface area contributed by atoms with Gasteiger partial charge in [0.05, 0.1) is 12.3 Å². The van der Waals surface area contributed by atoms with Crippen LogP contribution in [0.15, 0.2) is 22.9 Å². The molecule has 20 heavy (non-hydrogen) atoms. The van der Waals surface area contributed by atoms with Gasteiger partial charge in [-0.3, -0.25) is 4.79 Å². The van der Waals surface area contributed by atoms with Gasteiger partial charge in [-0.25, -0.2) is 8.42 Å². The van der Waals surface area contributed by atoms with Crippen molar-refractivity contribution in [2.75, 3.05) is 18.8 Å². The molecule has 0 saturated carbocycles. The number of nitrogens with one attached hydrogen (secondary N) is 1. The Kier molecular flexibility index (Phi) is 3.66. The molecule has 1 amide bonds. The Morgan fingerprint density at radius 2 is 2.35 bits per heavy atom. The lowest BCUT2D eigenvalue weighted by molar-refractivity contribution is -0.131. The van der Waals surface area contributed by atoms with E-state index in [0.29, 0.717) is 6.54 Å². The molecule has 108 valence electrons. The van der Waals surface area contributed by atoms with E-state index in [1.54, 1.807) is 17.4 Å². The number of thiophene rings is 1. The van der Waals surface area contributed by atoms with Gasteiger partial charge >= 0.3 is 0 Å². The van der Waals surface area contributed by atoms with Crippen LogP contribution in [0.4, 0.5) is 0 Å². The summed E-state index contributed by atoms with van der Waals surface area (Å²) in [6.45, 7) is 1.59. The molecule has 7 heteroatoms. The zero-order valence-electron chi connectivity index (χ0n) is 10.9. The molecule has 1 atom stereocenters. The van der Waals surface area contributed by atoms with Gasteiger partial charge in [-0.15, -0.1) is 11.3 Å². The largest absolute Gasteiger partial charge is 0.337 e. The van der Waals surface area contributed by atoms with Crippen molar-refractivity contribution in [3.63, 3.8) is 0 Å². The molecule has 3 rings (SSSR count). The molecule has 1 aromatic heterocycles. The molecule has 0 bridgehead atoms. The minimum atomic E-state index is -3.07. The van der Waals surface area contributed by atoms with E-state index in [-0.39, 0.29) is 24.2 Å². The van der Waals surface area contributed by atoms with Gasteiger partial charge < -0.3 is 10.2 Å². The van der Waals surface area contributed by atoms with Crippen molar-refractivity contribution < 1.29 is 13.2 Å². The first kappa shape index (κ1) is 13.8. The lowest BCUT2D eigenvalue weighted by atomic mass is 10.1. The van der Waals surface area contributed by atoms with Crippen molar-refractivity contribution in [3.05, 3.63) is 33.4 Å². The number of carbonyl (C=O) groups excluding carboxylic acids is 1.